The van der Waals surface area contributed by atoms with E-state index in [4.69, 9.17) is 10.8 Å². The highest BCUT2D eigenvalue weighted by atomic mass is 32.1. The van der Waals surface area contributed by atoms with Crippen molar-refractivity contribution >= 4 is 22.6 Å². The Kier molecular flexibility index (Phi) is 2.83. The zero-order chi connectivity index (χ0) is 9.97. The summed E-state index contributed by atoms with van der Waals surface area (Å²) in [6, 6.07) is 0. The summed E-state index contributed by atoms with van der Waals surface area (Å²) in [6.07, 6.45) is 2.20. The number of nitrogens with two attached hydrogens (primary N) is 1. The minimum Gasteiger partial charge on any atom is -0.396 e. The number of anilines is 2. The van der Waals surface area contributed by atoms with E-state index in [0.29, 0.717) is 11.9 Å². The summed E-state index contributed by atoms with van der Waals surface area (Å²) in [4.78, 5) is 6.28. The summed E-state index contributed by atoms with van der Waals surface area (Å²) in [5.74, 6) is 0.713. The van der Waals surface area contributed by atoms with E-state index in [2.05, 4.69) is 14.3 Å². The fourth-order valence-electron chi connectivity index (χ4n) is 1.74. The first-order valence-corrected chi connectivity index (χ1v) is 5.52. The second kappa shape index (κ2) is 4.10. The van der Waals surface area contributed by atoms with Gasteiger partial charge < -0.3 is 15.7 Å². The van der Waals surface area contributed by atoms with Gasteiger partial charge in [-0.05, 0) is 18.8 Å². The van der Waals surface area contributed by atoms with Gasteiger partial charge >= 0.3 is 0 Å². The first-order valence-electron chi connectivity index (χ1n) is 4.74. The van der Waals surface area contributed by atoms with E-state index in [-0.39, 0.29) is 6.61 Å². The van der Waals surface area contributed by atoms with Crippen LogP contribution in [0.5, 0.6) is 0 Å². The number of hydrogen-bond acceptors (Lipinski definition) is 6. The van der Waals surface area contributed by atoms with E-state index in [1.807, 2.05) is 0 Å². The predicted octanol–water partition coefficient (Wildman–Crippen LogP) is 0.329. The Labute approximate surface area is 86.7 Å². The Morgan fingerprint density at radius 3 is 3.14 bits per heavy atom. The summed E-state index contributed by atoms with van der Waals surface area (Å²) >= 11 is 1.33. The highest BCUT2D eigenvalue weighted by Gasteiger charge is 2.21. The molecule has 14 heavy (non-hydrogen) atoms. The maximum absolute atomic E-state index is 9.08. The van der Waals surface area contributed by atoms with Crippen LogP contribution in [0.25, 0.3) is 0 Å². The van der Waals surface area contributed by atoms with Gasteiger partial charge in [-0.25, -0.2) is 0 Å². The average Bonchev–Trinajstić information content (AvgIpc) is 2.65. The van der Waals surface area contributed by atoms with Crippen molar-refractivity contribution in [3.63, 3.8) is 0 Å². The molecule has 0 bridgehead atoms. The van der Waals surface area contributed by atoms with Crippen molar-refractivity contribution in [1.29, 1.82) is 0 Å². The molecular weight excluding hydrogens is 200 g/mol. The van der Waals surface area contributed by atoms with E-state index in [1.54, 1.807) is 0 Å². The third kappa shape index (κ3) is 1.96. The summed E-state index contributed by atoms with van der Waals surface area (Å²) in [5, 5.41) is 9.95. The minimum atomic E-state index is 0.255. The van der Waals surface area contributed by atoms with Gasteiger partial charge in [-0.15, -0.1) is 0 Å². The van der Waals surface area contributed by atoms with E-state index in [0.717, 1.165) is 31.1 Å². The summed E-state index contributed by atoms with van der Waals surface area (Å²) in [7, 11) is 0. The first kappa shape index (κ1) is 9.67. The van der Waals surface area contributed by atoms with Crippen LogP contribution in [0.4, 0.5) is 11.1 Å². The molecule has 1 fully saturated rings. The van der Waals surface area contributed by atoms with E-state index >= 15 is 0 Å². The first-order chi connectivity index (χ1) is 6.79. The topological polar surface area (TPSA) is 75.3 Å². The van der Waals surface area contributed by atoms with Crippen molar-refractivity contribution < 1.29 is 5.11 Å². The lowest BCUT2D eigenvalue weighted by molar-refractivity contribution is 0.208. The number of piperidine rings is 1. The van der Waals surface area contributed by atoms with Gasteiger partial charge in [-0.2, -0.15) is 9.36 Å². The average molecular weight is 214 g/mol. The lowest BCUT2D eigenvalue weighted by Crippen LogP contribution is -2.36. The van der Waals surface area contributed by atoms with Crippen LogP contribution in [-0.2, 0) is 0 Å². The van der Waals surface area contributed by atoms with Gasteiger partial charge in [-0.3, -0.25) is 0 Å². The van der Waals surface area contributed by atoms with Crippen molar-refractivity contribution in [2.45, 2.75) is 12.8 Å². The third-order valence-corrected chi connectivity index (χ3v) is 3.27. The fourth-order valence-corrected chi connectivity index (χ4v) is 2.37. The Balaban J connectivity index is 2.04. The molecule has 0 aromatic carbocycles. The molecule has 0 saturated carbocycles. The molecule has 1 atom stereocenters. The molecule has 0 aliphatic carbocycles. The van der Waals surface area contributed by atoms with Gasteiger partial charge in [-0.1, -0.05) is 0 Å². The molecular formula is C8H14N4OS. The highest BCUT2D eigenvalue weighted by Crippen LogP contribution is 2.24. The number of nitrogen functional groups attached to an aromatic ring is 1. The zero-order valence-corrected chi connectivity index (χ0v) is 8.70. The van der Waals surface area contributed by atoms with Gasteiger partial charge in [0.05, 0.1) is 0 Å². The second-order valence-electron chi connectivity index (χ2n) is 3.57. The molecule has 3 N–H and O–H groups in total. The van der Waals surface area contributed by atoms with Gasteiger partial charge in [0.15, 0.2) is 0 Å². The van der Waals surface area contributed by atoms with Crippen LogP contribution in [0.3, 0.4) is 0 Å². The number of nitrogens with zero attached hydrogens (tertiary/aromatic N) is 3. The van der Waals surface area contributed by atoms with Crippen LogP contribution in [0.15, 0.2) is 0 Å². The van der Waals surface area contributed by atoms with Crippen LogP contribution < -0.4 is 10.6 Å². The number of aliphatic hydroxyl groups is 1. The van der Waals surface area contributed by atoms with Crippen molar-refractivity contribution in [3.05, 3.63) is 0 Å². The lowest BCUT2D eigenvalue weighted by atomic mass is 10.00. The van der Waals surface area contributed by atoms with Crippen molar-refractivity contribution in [2.75, 3.05) is 30.3 Å². The molecule has 1 aliphatic rings. The van der Waals surface area contributed by atoms with Crippen LogP contribution in [0.1, 0.15) is 12.8 Å². The fraction of sp³-hybridized carbons (Fsp3) is 0.750. The predicted molar refractivity (Wildman–Crippen MR) is 56.3 cm³/mol. The molecule has 6 heteroatoms. The molecule has 2 heterocycles. The third-order valence-electron chi connectivity index (χ3n) is 2.48. The van der Waals surface area contributed by atoms with Gasteiger partial charge in [0.1, 0.15) is 0 Å². The maximum Gasteiger partial charge on any atom is 0.233 e. The van der Waals surface area contributed by atoms with E-state index < -0.39 is 0 Å². The smallest absolute Gasteiger partial charge is 0.233 e. The zero-order valence-electron chi connectivity index (χ0n) is 7.89. The normalized spacial score (nSPS) is 22.6. The lowest BCUT2D eigenvalue weighted by Gasteiger charge is -2.31. The summed E-state index contributed by atoms with van der Waals surface area (Å²) in [5.41, 5.74) is 5.46. The van der Waals surface area contributed by atoms with Gasteiger partial charge in [0.2, 0.25) is 11.1 Å². The summed E-state index contributed by atoms with van der Waals surface area (Å²) < 4.78 is 3.95. The molecule has 1 aromatic heterocycles. The molecule has 0 amide bonds. The van der Waals surface area contributed by atoms with Crippen molar-refractivity contribution in [3.8, 4) is 0 Å². The molecule has 2 rings (SSSR count). The molecule has 5 nitrogen and oxygen atoms in total. The largest absolute Gasteiger partial charge is 0.396 e. The van der Waals surface area contributed by atoms with Crippen LogP contribution >= 0.6 is 11.5 Å². The molecule has 1 unspecified atom stereocenters. The SMILES string of the molecule is Nc1nsc(N2CCCC(CO)C2)n1. The second-order valence-corrected chi connectivity index (χ2v) is 4.30. The van der Waals surface area contributed by atoms with Crippen molar-refractivity contribution in [1.82, 2.24) is 9.36 Å². The molecule has 0 radical (unpaired) electrons. The molecule has 0 spiro atoms. The molecule has 1 saturated heterocycles. The van der Waals surface area contributed by atoms with E-state index in [9.17, 15) is 0 Å². The monoisotopic (exact) mass is 214 g/mol. The van der Waals surface area contributed by atoms with E-state index in [1.165, 1.54) is 11.5 Å². The Morgan fingerprint density at radius 1 is 1.64 bits per heavy atom. The van der Waals surface area contributed by atoms with Gasteiger partial charge in [0, 0.05) is 31.2 Å². The van der Waals surface area contributed by atoms with Crippen molar-refractivity contribution in [2.24, 2.45) is 5.92 Å². The standard InChI is InChI=1S/C8H14N4OS/c9-7-10-8(14-11-7)12-3-1-2-6(4-12)5-13/h6,13H,1-5H2,(H2,9,11). The summed E-state index contributed by atoms with van der Waals surface area (Å²) in [6.45, 7) is 2.11. The van der Waals surface area contributed by atoms with Crippen LogP contribution in [0.2, 0.25) is 0 Å². The maximum atomic E-state index is 9.08. The number of hydrogen-bond donors (Lipinski definition) is 2. The quantitative estimate of drug-likeness (QED) is 0.742. The molecule has 78 valence electrons. The van der Waals surface area contributed by atoms with Crippen LogP contribution in [-0.4, -0.2) is 34.2 Å². The Morgan fingerprint density at radius 2 is 2.50 bits per heavy atom. The minimum absolute atomic E-state index is 0.255. The van der Waals surface area contributed by atoms with Gasteiger partial charge in [0.25, 0.3) is 0 Å². The highest BCUT2D eigenvalue weighted by molar-refractivity contribution is 7.09. The molecule has 1 aromatic rings. The Bertz CT molecular complexity index is 303. The molecule has 1 aliphatic heterocycles. The number of aliphatic hydroxyl groups excluding tert-OH is 1. The number of aromatic nitrogens is 2. The number of rotatable bonds is 2. The Hall–Kier alpha value is -0.880. The van der Waals surface area contributed by atoms with Crippen LogP contribution in [0, 0.1) is 5.92 Å².